The van der Waals surface area contributed by atoms with Gasteiger partial charge >= 0.3 is 0 Å². The summed E-state index contributed by atoms with van der Waals surface area (Å²) in [6.07, 6.45) is 1.10. The highest BCUT2D eigenvalue weighted by Crippen LogP contribution is 2.24. The lowest BCUT2D eigenvalue weighted by molar-refractivity contribution is -0.116. The Morgan fingerprint density at radius 2 is 1.73 bits per heavy atom. The molecule has 0 spiro atoms. The minimum Gasteiger partial charge on any atom is -0.391 e. The molecule has 0 heterocycles. The Kier molecular flexibility index (Phi) is 4.66. The molecule has 1 aliphatic carbocycles. The minimum absolute atomic E-state index is 0.0633. The third-order valence-corrected chi connectivity index (χ3v) is 3.37. The number of nitrogens with one attached hydrogen (secondary N) is 3. The number of carbonyl (C=O) groups is 1. The molecular formula is C10H21N3O2. The van der Waals surface area contributed by atoms with Gasteiger partial charge in [0, 0.05) is 24.0 Å². The van der Waals surface area contributed by atoms with E-state index in [9.17, 15) is 9.90 Å². The molecule has 88 valence electrons. The van der Waals surface area contributed by atoms with Crippen LogP contribution in [0.15, 0.2) is 0 Å². The summed E-state index contributed by atoms with van der Waals surface area (Å²) in [6, 6.07) is 0.0303. The van der Waals surface area contributed by atoms with Crippen LogP contribution in [-0.4, -0.2) is 56.8 Å². The van der Waals surface area contributed by atoms with E-state index in [0.717, 1.165) is 6.29 Å². The number of rotatable bonds is 4. The van der Waals surface area contributed by atoms with Crippen LogP contribution in [0, 0.1) is 5.92 Å². The van der Waals surface area contributed by atoms with Crippen molar-refractivity contribution in [3.63, 3.8) is 0 Å². The quantitative estimate of drug-likeness (QED) is 0.422. The number of likely N-dealkylation sites (N-methyl/N-ethyl adjacent to an activating group) is 3. The summed E-state index contributed by atoms with van der Waals surface area (Å²) in [6.45, 7) is 0. The molecule has 1 fully saturated rings. The first-order chi connectivity index (χ1) is 7.19. The first-order valence-corrected chi connectivity index (χ1v) is 5.34. The molecule has 0 saturated heterocycles. The molecule has 5 unspecified atom stereocenters. The largest absolute Gasteiger partial charge is 0.391 e. The van der Waals surface area contributed by atoms with Crippen LogP contribution in [0.5, 0.6) is 0 Å². The minimum atomic E-state index is -0.479. The van der Waals surface area contributed by atoms with Crippen LogP contribution < -0.4 is 16.0 Å². The summed E-state index contributed by atoms with van der Waals surface area (Å²) in [5.41, 5.74) is 0. The SMILES string of the molecule is CNC1CC(O)C(NC)C(C=O)C1NC. The topological polar surface area (TPSA) is 73.4 Å². The maximum absolute atomic E-state index is 11.1. The van der Waals surface area contributed by atoms with Crippen molar-refractivity contribution < 1.29 is 9.90 Å². The van der Waals surface area contributed by atoms with Gasteiger partial charge in [-0.15, -0.1) is 0 Å². The van der Waals surface area contributed by atoms with Crippen molar-refractivity contribution in [1.29, 1.82) is 0 Å². The fourth-order valence-corrected chi connectivity index (χ4v) is 2.55. The first kappa shape index (κ1) is 12.6. The summed E-state index contributed by atoms with van der Waals surface area (Å²) in [4.78, 5) is 11.1. The monoisotopic (exact) mass is 215 g/mol. The van der Waals surface area contributed by atoms with Gasteiger partial charge in [0.15, 0.2) is 0 Å². The van der Waals surface area contributed by atoms with Crippen molar-refractivity contribution in [3.05, 3.63) is 0 Å². The van der Waals surface area contributed by atoms with Crippen LogP contribution >= 0.6 is 0 Å². The molecule has 0 aromatic heterocycles. The van der Waals surface area contributed by atoms with Gasteiger partial charge in [0.1, 0.15) is 6.29 Å². The van der Waals surface area contributed by atoms with E-state index in [1.54, 1.807) is 7.05 Å². The Hall–Kier alpha value is -0.490. The van der Waals surface area contributed by atoms with Gasteiger partial charge < -0.3 is 25.9 Å². The molecule has 1 aliphatic rings. The highest BCUT2D eigenvalue weighted by molar-refractivity contribution is 5.57. The van der Waals surface area contributed by atoms with Gasteiger partial charge in [0.05, 0.1) is 6.10 Å². The number of aldehydes is 1. The number of hydrogen-bond donors (Lipinski definition) is 4. The van der Waals surface area contributed by atoms with E-state index < -0.39 is 6.10 Å². The molecule has 0 aliphatic heterocycles. The lowest BCUT2D eigenvalue weighted by Gasteiger charge is -2.43. The van der Waals surface area contributed by atoms with Crippen LogP contribution in [0.1, 0.15) is 6.42 Å². The number of hydrogen-bond acceptors (Lipinski definition) is 5. The highest BCUT2D eigenvalue weighted by atomic mass is 16.3. The van der Waals surface area contributed by atoms with Crippen molar-refractivity contribution in [3.8, 4) is 0 Å². The van der Waals surface area contributed by atoms with E-state index in [0.29, 0.717) is 6.42 Å². The number of aliphatic hydroxyl groups is 1. The molecule has 0 aromatic rings. The predicted molar refractivity (Wildman–Crippen MR) is 58.7 cm³/mol. The zero-order valence-electron chi connectivity index (χ0n) is 9.53. The van der Waals surface area contributed by atoms with Crippen molar-refractivity contribution in [2.45, 2.75) is 30.7 Å². The summed E-state index contributed by atoms with van der Waals surface area (Å²) in [7, 11) is 5.47. The second-order valence-electron chi connectivity index (χ2n) is 4.04. The standard InChI is InChI=1S/C10H21N3O2/c1-11-7-4-8(15)10(13-3)6(5-14)9(7)12-2/h5-13,15H,4H2,1-3H3. The fraction of sp³-hybridized carbons (Fsp3) is 0.900. The molecule has 1 rings (SSSR count). The Morgan fingerprint density at radius 3 is 2.13 bits per heavy atom. The zero-order chi connectivity index (χ0) is 11.4. The van der Waals surface area contributed by atoms with Gasteiger partial charge in [-0.3, -0.25) is 0 Å². The molecule has 5 heteroatoms. The normalized spacial score (nSPS) is 41.5. The van der Waals surface area contributed by atoms with E-state index in [4.69, 9.17) is 0 Å². The average Bonchev–Trinajstić information content (AvgIpc) is 2.27. The highest BCUT2D eigenvalue weighted by Gasteiger charge is 2.42. The third-order valence-electron chi connectivity index (χ3n) is 3.37. The summed E-state index contributed by atoms with van der Waals surface area (Å²) < 4.78 is 0. The van der Waals surface area contributed by atoms with Crippen LogP contribution in [0.4, 0.5) is 0 Å². The van der Waals surface area contributed by atoms with Crippen LogP contribution in [0.3, 0.4) is 0 Å². The number of carbonyl (C=O) groups excluding carboxylic acids is 1. The lowest BCUT2D eigenvalue weighted by atomic mass is 9.76. The Morgan fingerprint density at radius 1 is 1.13 bits per heavy atom. The second kappa shape index (κ2) is 5.55. The molecule has 5 atom stereocenters. The van der Waals surface area contributed by atoms with Gasteiger partial charge in [-0.05, 0) is 27.6 Å². The molecule has 0 bridgehead atoms. The van der Waals surface area contributed by atoms with Gasteiger partial charge in [-0.1, -0.05) is 0 Å². The zero-order valence-corrected chi connectivity index (χ0v) is 9.53. The van der Waals surface area contributed by atoms with Gasteiger partial charge in [-0.25, -0.2) is 0 Å². The van der Waals surface area contributed by atoms with Gasteiger partial charge in [0.2, 0.25) is 0 Å². The van der Waals surface area contributed by atoms with E-state index in [1.165, 1.54) is 0 Å². The van der Waals surface area contributed by atoms with Crippen LogP contribution in [-0.2, 0) is 4.79 Å². The Bertz CT molecular complexity index is 213. The molecule has 0 amide bonds. The first-order valence-electron chi connectivity index (χ1n) is 5.34. The smallest absolute Gasteiger partial charge is 0.126 e. The fourth-order valence-electron chi connectivity index (χ4n) is 2.55. The molecule has 4 N–H and O–H groups in total. The van der Waals surface area contributed by atoms with E-state index >= 15 is 0 Å². The maximum Gasteiger partial charge on any atom is 0.126 e. The average molecular weight is 215 g/mol. The second-order valence-corrected chi connectivity index (χ2v) is 4.04. The summed E-state index contributed by atoms with van der Waals surface area (Å²) in [5, 5.41) is 19.2. The van der Waals surface area contributed by atoms with E-state index in [1.807, 2.05) is 14.1 Å². The molecule has 5 nitrogen and oxygen atoms in total. The van der Waals surface area contributed by atoms with Crippen molar-refractivity contribution in [2.75, 3.05) is 21.1 Å². The summed E-state index contributed by atoms with van der Waals surface area (Å²) >= 11 is 0. The molecule has 0 aromatic carbocycles. The van der Waals surface area contributed by atoms with E-state index in [2.05, 4.69) is 16.0 Å². The molecule has 15 heavy (non-hydrogen) atoms. The van der Waals surface area contributed by atoms with Crippen molar-refractivity contribution in [1.82, 2.24) is 16.0 Å². The third kappa shape index (κ3) is 2.36. The predicted octanol–water partition coefficient (Wildman–Crippen LogP) is -1.67. The summed E-state index contributed by atoms with van der Waals surface area (Å²) in [5.74, 6) is -0.207. The maximum atomic E-state index is 11.1. The molecule has 1 saturated carbocycles. The van der Waals surface area contributed by atoms with Crippen molar-refractivity contribution in [2.24, 2.45) is 5.92 Å². The van der Waals surface area contributed by atoms with Gasteiger partial charge in [0.25, 0.3) is 0 Å². The Balaban J connectivity index is 2.85. The van der Waals surface area contributed by atoms with Crippen LogP contribution in [0.2, 0.25) is 0 Å². The number of aliphatic hydroxyl groups excluding tert-OH is 1. The Labute approximate surface area is 90.6 Å². The van der Waals surface area contributed by atoms with Gasteiger partial charge in [-0.2, -0.15) is 0 Å². The van der Waals surface area contributed by atoms with E-state index in [-0.39, 0.29) is 24.0 Å². The molecular weight excluding hydrogens is 194 g/mol. The molecule has 0 radical (unpaired) electrons. The van der Waals surface area contributed by atoms with Crippen molar-refractivity contribution >= 4 is 6.29 Å². The van der Waals surface area contributed by atoms with Crippen LogP contribution in [0.25, 0.3) is 0 Å². The lowest BCUT2D eigenvalue weighted by Crippen LogP contribution is -2.64.